The lowest BCUT2D eigenvalue weighted by Gasteiger charge is -2.30. The van der Waals surface area contributed by atoms with Gasteiger partial charge in [-0.3, -0.25) is 9.59 Å². The number of amides is 2. The molecule has 0 aliphatic rings. The van der Waals surface area contributed by atoms with Gasteiger partial charge < -0.3 is 10.2 Å². The highest BCUT2D eigenvalue weighted by Crippen LogP contribution is 2.19. The van der Waals surface area contributed by atoms with Crippen LogP contribution in [0.4, 0.5) is 0 Å². The summed E-state index contributed by atoms with van der Waals surface area (Å²) >= 11 is 1.67. The van der Waals surface area contributed by atoms with E-state index in [9.17, 15) is 9.59 Å². The van der Waals surface area contributed by atoms with E-state index in [0.717, 1.165) is 11.3 Å². The first-order chi connectivity index (χ1) is 13.7. The lowest BCUT2D eigenvalue weighted by molar-refractivity contribution is -0.140. The van der Waals surface area contributed by atoms with Crippen LogP contribution in [-0.4, -0.2) is 41.6 Å². The summed E-state index contributed by atoms with van der Waals surface area (Å²) in [6.07, 6.45) is 1.77. The summed E-state index contributed by atoms with van der Waals surface area (Å²) in [6, 6.07) is 19.8. The molecule has 0 radical (unpaired) electrons. The fourth-order valence-corrected chi connectivity index (χ4v) is 3.97. The molecule has 0 bridgehead atoms. The predicted molar refractivity (Wildman–Crippen MR) is 116 cm³/mol. The molecule has 0 fully saturated rings. The van der Waals surface area contributed by atoms with Crippen molar-refractivity contribution < 1.29 is 9.59 Å². The van der Waals surface area contributed by atoms with Gasteiger partial charge >= 0.3 is 0 Å². The third kappa shape index (κ3) is 7.04. The molecule has 0 heterocycles. The van der Waals surface area contributed by atoms with Crippen LogP contribution in [0.25, 0.3) is 0 Å². The molecule has 4 nitrogen and oxygen atoms in total. The average Bonchev–Trinajstić information content (AvgIpc) is 2.72. The lowest BCUT2D eigenvalue weighted by Crippen LogP contribution is -2.50. The van der Waals surface area contributed by atoms with Crippen LogP contribution in [0, 0.1) is 0 Å². The highest BCUT2D eigenvalue weighted by Gasteiger charge is 2.27. The van der Waals surface area contributed by atoms with Gasteiger partial charge in [0, 0.05) is 30.2 Å². The van der Waals surface area contributed by atoms with Crippen molar-refractivity contribution >= 4 is 23.6 Å². The van der Waals surface area contributed by atoms with Gasteiger partial charge in [0.25, 0.3) is 0 Å². The Balaban J connectivity index is 2.02. The second kappa shape index (κ2) is 12.2. The summed E-state index contributed by atoms with van der Waals surface area (Å²) in [7, 11) is 0. The summed E-state index contributed by atoms with van der Waals surface area (Å²) < 4.78 is 0. The molecule has 0 aliphatic heterocycles. The first-order valence-corrected chi connectivity index (χ1v) is 10.9. The van der Waals surface area contributed by atoms with Crippen LogP contribution in [0.5, 0.6) is 0 Å². The third-order valence-corrected chi connectivity index (χ3v) is 5.56. The van der Waals surface area contributed by atoms with Gasteiger partial charge in [-0.1, -0.05) is 55.5 Å². The van der Waals surface area contributed by atoms with Crippen molar-refractivity contribution in [2.24, 2.45) is 0 Å². The van der Waals surface area contributed by atoms with Crippen molar-refractivity contribution in [2.45, 2.75) is 44.0 Å². The van der Waals surface area contributed by atoms with Gasteiger partial charge in [-0.25, -0.2) is 0 Å². The standard InChI is InChI=1S/C23H30N2O2S/c1-3-21(23(27)24-4-2)25(17-15-19-11-7-5-8-12-19)22(26)16-18-28-20-13-9-6-10-14-20/h5-14,21H,3-4,15-18H2,1-2H3,(H,24,27)/t21-/m1/s1. The number of likely N-dealkylation sites (N-methyl/N-ethyl adjacent to an activating group) is 1. The maximum absolute atomic E-state index is 13.0. The monoisotopic (exact) mass is 398 g/mol. The van der Waals surface area contributed by atoms with Gasteiger partial charge in [-0.05, 0) is 37.5 Å². The number of carbonyl (C=O) groups is 2. The smallest absolute Gasteiger partial charge is 0.242 e. The van der Waals surface area contributed by atoms with Crippen LogP contribution in [0.1, 0.15) is 32.3 Å². The van der Waals surface area contributed by atoms with Crippen molar-refractivity contribution in [1.82, 2.24) is 10.2 Å². The van der Waals surface area contributed by atoms with E-state index >= 15 is 0 Å². The highest BCUT2D eigenvalue weighted by molar-refractivity contribution is 7.99. The Kier molecular flexibility index (Phi) is 9.63. The highest BCUT2D eigenvalue weighted by atomic mass is 32.2. The van der Waals surface area contributed by atoms with Gasteiger partial charge in [-0.2, -0.15) is 0 Å². The molecule has 1 N–H and O–H groups in total. The summed E-state index contributed by atoms with van der Waals surface area (Å²) in [5, 5.41) is 2.87. The molecule has 1 atom stereocenters. The van der Waals surface area contributed by atoms with Crippen LogP contribution in [-0.2, 0) is 16.0 Å². The molecule has 28 heavy (non-hydrogen) atoms. The second-order valence-corrected chi connectivity index (χ2v) is 7.72. The molecule has 2 aromatic rings. The number of thioether (sulfide) groups is 1. The molecule has 0 saturated heterocycles. The first kappa shape index (κ1) is 22.0. The number of rotatable bonds is 11. The van der Waals surface area contributed by atoms with E-state index in [1.54, 1.807) is 16.7 Å². The van der Waals surface area contributed by atoms with E-state index in [1.807, 2.05) is 62.4 Å². The number of benzene rings is 2. The van der Waals surface area contributed by atoms with Crippen LogP contribution < -0.4 is 5.32 Å². The Labute approximate surface area is 172 Å². The van der Waals surface area contributed by atoms with Gasteiger partial charge in [0.1, 0.15) is 6.04 Å². The minimum Gasteiger partial charge on any atom is -0.355 e. The number of nitrogens with one attached hydrogen (secondary N) is 1. The molecule has 0 aromatic heterocycles. The zero-order chi connectivity index (χ0) is 20.2. The first-order valence-electron chi connectivity index (χ1n) is 9.94. The maximum atomic E-state index is 13.0. The van der Waals surface area contributed by atoms with E-state index in [0.29, 0.717) is 31.7 Å². The van der Waals surface area contributed by atoms with Crippen LogP contribution in [0.3, 0.4) is 0 Å². The normalized spacial score (nSPS) is 11.6. The van der Waals surface area contributed by atoms with Crippen LogP contribution >= 0.6 is 11.8 Å². The molecule has 0 saturated carbocycles. The summed E-state index contributed by atoms with van der Waals surface area (Å²) in [6.45, 7) is 4.98. The van der Waals surface area contributed by atoms with E-state index in [-0.39, 0.29) is 11.8 Å². The second-order valence-electron chi connectivity index (χ2n) is 6.55. The zero-order valence-corrected chi connectivity index (χ0v) is 17.6. The van der Waals surface area contributed by atoms with Gasteiger partial charge in [-0.15, -0.1) is 11.8 Å². The molecule has 5 heteroatoms. The number of hydrogen-bond acceptors (Lipinski definition) is 3. The third-order valence-electron chi connectivity index (χ3n) is 4.55. The molecular formula is C23H30N2O2S. The quantitative estimate of drug-likeness (QED) is 0.579. The van der Waals surface area contributed by atoms with E-state index < -0.39 is 6.04 Å². The lowest BCUT2D eigenvalue weighted by atomic mass is 10.1. The number of hydrogen-bond donors (Lipinski definition) is 1. The van der Waals surface area contributed by atoms with Gasteiger partial charge in [0.2, 0.25) is 11.8 Å². The Morgan fingerprint density at radius 3 is 2.25 bits per heavy atom. The van der Waals surface area contributed by atoms with Crippen LogP contribution in [0.2, 0.25) is 0 Å². The Hall–Kier alpha value is -2.27. The molecule has 0 unspecified atom stereocenters. The molecule has 0 aliphatic carbocycles. The van der Waals surface area contributed by atoms with Crippen molar-refractivity contribution in [3.8, 4) is 0 Å². The molecule has 2 aromatic carbocycles. The topological polar surface area (TPSA) is 49.4 Å². The summed E-state index contributed by atoms with van der Waals surface area (Å²) in [5.41, 5.74) is 1.17. The van der Waals surface area contributed by atoms with Crippen molar-refractivity contribution in [1.29, 1.82) is 0 Å². The SMILES string of the molecule is CCNC(=O)[C@@H](CC)N(CCc1ccccc1)C(=O)CCSc1ccccc1. The number of carbonyl (C=O) groups excluding carboxylic acids is 2. The number of nitrogens with zero attached hydrogens (tertiary/aromatic N) is 1. The fraction of sp³-hybridized carbons (Fsp3) is 0.391. The zero-order valence-electron chi connectivity index (χ0n) is 16.8. The van der Waals surface area contributed by atoms with Crippen LogP contribution in [0.15, 0.2) is 65.6 Å². The Bertz CT molecular complexity index is 722. The molecule has 2 rings (SSSR count). The van der Waals surface area contributed by atoms with E-state index in [1.165, 1.54) is 5.56 Å². The largest absolute Gasteiger partial charge is 0.355 e. The van der Waals surface area contributed by atoms with Gasteiger partial charge in [0.05, 0.1) is 0 Å². The predicted octanol–water partition coefficient (Wildman–Crippen LogP) is 4.15. The Morgan fingerprint density at radius 2 is 1.64 bits per heavy atom. The minimum absolute atomic E-state index is 0.0393. The summed E-state index contributed by atoms with van der Waals surface area (Å²) in [4.78, 5) is 28.4. The molecule has 150 valence electrons. The fourth-order valence-electron chi connectivity index (χ4n) is 3.10. The van der Waals surface area contributed by atoms with E-state index in [2.05, 4.69) is 17.4 Å². The minimum atomic E-state index is -0.419. The molecule has 0 spiro atoms. The summed E-state index contributed by atoms with van der Waals surface area (Å²) in [5.74, 6) is 0.677. The van der Waals surface area contributed by atoms with E-state index in [4.69, 9.17) is 0 Å². The molecular weight excluding hydrogens is 368 g/mol. The molecule has 2 amide bonds. The maximum Gasteiger partial charge on any atom is 0.242 e. The Morgan fingerprint density at radius 1 is 1.00 bits per heavy atom. The van der Waals surface area contributed by atoms with Crippen molar-refractivity contribution in [2.75, 3.05) is 18.8 Å². The van der Waals surface area contributed by atoms with Crippen molar-refractivity contribution in [3.05, 3.63) is 66.2 Å². The average molecular weight is 399 g/mol. The van der Waals surface area contributed by atoms with Gasteiger partial charge in [0.15, 0.2) is 0 Å². The van der Waals surface area contributed by atoms with Crippen molar-refractivity contribution in [3.63, 3.8) is 0 Å².